The minimum Gasteiger partial charge on any atom is -0.461 e. The molecule has 1 aromatic rings. The summed E-state index contributed by atoms with van der Waals surface area (Å²) >= 11 is 10.2. The first kappa shape index (κ1) is 27.8. The number of amides is 2. The Balaban J connectivity index is 1.80. The number of anilines is 1. The Bertz CT molecular complexity index is 1080. The van der Waals surface area contributed by atoms with E-state index in [1.165, 1.54) is 11.0 Å². The summed E-state index contributed by atoms with van der Waals surface area (Å²) in [5, 5.41) is 9.75. The Morgan fingerprint density at radius 3 is 2.76 bits per heavy atom. The van der Waals surface area contributed by atoms with Crippen LogP contribution in [-0.2, 0) is 23.9 Å². The van der Waals surface area contributed by atoms with Crippen molar-refractivity contribution in [2.45, 2.75) is 48.8 Å². The molecule has 3 aliphatic rings. The lowest BCUT2D eigenvalue weighted by atomic mass is 9.70. The molecule has 0 aliphatic carbocycles. The third kappa shape index (κ3) is 4.64. The maximum absolute atomic E-state index is 14.5. The number of ether oxygens (including phenoxy) is 2. The molecule has 6 atom stereocenters. The van der Waals surface area contributed by atoms with Crippen LogP contribution in [0.15, 0.2) is 43.5 Å². The van der Waals surface area contributed by atoms with Crippen LogP contribution in [-0.4, -0.2) is 76.7 Å². The largest absolute Gasteiger partial charge is 0.461 e. The summed E-state index contributed by atoms with van der Waals surface area (Å²) in [6.45, 7) is 9.68. The molecule has 3 aliphatic heterocycles. The van der Waals surface area contributed by atoms with E-state index in [1.807, 2.05) is 19.1 Å². The summed E-state index contributed by atoms with van der Waals surface area (Å²) < 4.78 is 11.8. The number of esters is 1. The van der Waals surface area contributed by atoms with Crippen LogP contribution in [0.2, 0.25) is 5.02 Å². The number of likely N-dealkylation sites (tertiary alicyclic amines) is 1. The number of carbonyl (C=O) groups is 3. The number of aliphatic hydroxyl groups excluding tert-OH is 1. The normalized spacial score (nSPS) is 29.8. The van der Waals surface area contributed by atoms with Crippen LogP contribution in [0.5, 0.6) is 0 Å². The first-order valence-electron chi connectivity index (χ1n) is 12.4. The fraction of sp³-hybridized carbons (Fsp3) is 0.519. The van der Waals surface area contributed by atoms with Crippen LogP contribution in [0.25, 0.3) is 0 Å². The third-order valence-corrected chi connectivity index (χ3v) is 8.63. The molecule has 37 heavy (non-hydrogen) atoms. The lowest BCUT2D eigenvalue weighted by Gasteiger charge is -2.37. The van der Waals surface area contributed by atoms with Gasteiger partial charge in [-0.1, -0.05) is 58.4 Å². The molecule has 8 nitrogen and oxygen atoms in total. The van der Waals surface area contributed by atoms with Crippen LogP contribution in [0.1, 0.15) is 24.8 Å². The van der Waals surface area contributed by atoms with E-state index in [1.54, 1.807) is 17.0 Å². The lowest BCUT2D eigenvalue weighted by Crippen LogP contribution is -2.57. The number of aryl methyl sites for hydroxylation is 1. The van der Waals surface area contributed by atoms with Crippen LogP contribution in [0.3, 0.4) is 0 Å². The highest BCUT2D eigenvalue weighted by Gasteiger charge is 2.77. The number of fused-ring (bicyclic) bond motifs is 1. The number of halogens is 2. The maximum atomic E-state index is 14.5. The zero-order valence-electron chi connectivity index (χ0n) is 20.8. The zero-order chi connectivity index (χ0) is 26.9. The summed E-state index contributed by atoms with van der Waals surface area (Å²) in [6, 6.07) is 4.40. The molecule has 4 rings (SSSR count). The monoisotopic (exact) mass is 594 g/mol. The molecule has 1 spiro atoms. The number of nitrogens with zero attached hydrogens (tertiary/aromatic N) is 2. The summed E-state index contributed by atoms with van der Waals surface area (Å²) in [6.07, 6.45) is 3.83. The second-order valence-electron chi connectivity index (χ2n) is 9.69. The van der Waals surface area contributed by atoms with Gasteiger partial charge in [-0.3, -0.25) is 14.4 Å². The van der Waals surface area contributed by atoms with Gasteiger partial charge in [0.05, 0.1) is 28.6 Å². The van der Waals surface area contributed by atoms with Crippen molar-refractivity contribution in [3.8, 4) is 0 Å². The van der Waals surface area contributed by atoms with Crippen molar-refractivity contribution >= 4 is 51.0 Å². The van der Waals surface area contributed by atoms with Crippen molar-refractivity contribution in [2.75, 3.05) is 31.2 Å². The van der Waals surface area contributed by atoms with Crippen LogP contribution in [0, 0.1) is 18.8 Å². The molecule has 3 saturated heterocycles. The highest BCUT2D eigenvalue weighted by Crippen LogP contribution is 2.60. The Morgan fingerprint density at radius 1 is 1.35 bits per heavy atom. The molecular weight excluding hydrogens is 564 g/mol. The quantitative estimate of drug-likeness (QED) is 0.182. The van der Waals surface area contributed by atoms with Crippen molar-refractivity contribution < 1.29 is 29.0 Å². The number of carbonyl (C=O) groups excluding carboxylic acids is 3. The molecule has 0 radical (unpaired) electrons. The molecule has 3 unspecified atom stereocenters. The number of aliphatic hydroxyl groups is 1. The van der Waals surface area contributed by atoms with Crippen LogP contribution in [0.4, 0.5) is 5.69 Å². The van der Waals surface area contributed by atoms with E-state index in [0.717, 1.165) is 5.56 Å². The van der Waals surface area contributed by atoms with Gasteiger partial charge in [-0.25, -0.2) is 0 Å². The molecule has 200 valence electrons. The molecule has 3 heterocycles. The van der Waals surface area contributed by atoms with E-state index in [9.17, 15) is 19.5 Å². The van der Waals surface area contributed by atoms with Gasteiger partial charge < -0.3 is 24.4 Å². The second kappa shape index (κ2) is 11.3. The third-order valence-electron chi connectivity index (χ3n) is 7.48. The standard InChI is InChI=1S/C27H32BrClN2O6/c1-4-11-30(21-16(3)9-8-10-18(21)29)25(34)23-27-15-17(28)22(37-27)19(26(35)36-14-5-2)20(27)24(33)31(23)12-6-7-13-32/h4-5,8-10,17,19-20,22-23,32H,1-2,6-7,11-15H2,3H3/t17?,19-,20-,22-,23?,27?/m0/s1. The minimum atomic E-state index is -1.21. The van der Waals surface area contributed by atoms with Gasteiger partial charge in [0.1, 0.15) is 18.2 Å². The SMILES string of the molecule is C=CCOC(=O)[C@H]1[C@H]2C(=O)N(CCCCO)C(C(=O)N(CC=C)c3c(C)cccc3Cl)C23CC(Br)[C@@H]1O3. The van der Waals surface area contributed by atoms with Gasteiger partial charge in [0.25, 0.3) is 5.91 Å². The maximum Gasteiger partial charge on any atom is 0.312 e. The summed E-state index contributed by atoms with van der Waals surface area (Å²) in [7, 11) is 0. The van der Waals surface area contributed by atoms with Gasteiger partial charge in [-0.15, -0.1) is 6.58 Å². The summed E-state index contributed by atoms with van der Waals surface area (Å²) in [5.74, 6) is -2.91. The van der Waals surface area contributed by atoms with Crippen molar-refractivity contribution in [2.24, 2.45) is 11.8 Å². The predicted octanol–water partition coefficient (Wildman–Crippen LogP) is 3.42. The second-order valence-corrected chi connectivity index (χ2v) is 11.3. The van der Waals surface area contributed by atoms with Crippen molar-refractivity contribution in [1.29, 1.82) is 0 Å². The van der Waals surface area contributed by atoms with Crippen molar-refractivity contribution in [3.63, 3.8) is 0 Å². The molecule has 2 bridgehead atoms. The van der Waals surface area contributed by atoms with Gasteiger partial charge >= 0.3 is 5.97 Å². The number of alkyl halides is 1. The molecule has 0 saturated carbocycles. The number of hydrogen-bond acceptors (Lipinski definition) is 6. The van der Waals surface area contributed by atoms with E-state index < -0.39 is 35.6 Å². The Kier molecular flexibility index (Phi) is 8.48. The number of para-hydroxylation sites is 1. The zero-order valence-corrected chi connectivity index (χ0v) is 23.1. The highest BCUT2D eigenvalue weighted by molar-refractivity contribution is 9.09. The fourth-order valence-corrected chi connectivity index (χ4v) is 7.35. The van der Waals surface area contributed by atoms with E-state index in [0.29, 0.717) is 30.0 Å². The first-order chi connectivity index (χ1) is 17.7. The van der Waals surface area contributed by atoms with Gasteiger partial charge in [-0.05, 0) is 37.8 Å². The molecule has 0 aromatic heterocycles. The molecule has 2 amide bonds. The Labute approximate surface area is 230 Å². The summed E-state index contributed by atoms with van der Waals surface area (Å²) in [5.41, 5.74) is 0.133. The van der Waals surface area contributed by atoms with E-state index >= 15 is 0 Å². The van der Waals surface area contributed by atoms with Crippen LogP contribution < -0.4 is 4.90 Å². The fourth-order valence-electron chi connectivity index (χ4n) is 6.08. The van der Waals surface area contributed by atoms with E-state index in [-0.39, 0.29) is 42.9 Å². The van der Waals surface area contributed by atoms with Crippen molar-refractivity contribution in [1.82, 2.24) is 4.90 Å². The molecule has 1 N–H and O–H groups in total. The highest BCUT2D eigenvalue weighted by atomic mass is 79.9. The lowest BCUT2D eigenvalue weighted by molar-refractivity contribution is -0.153. The molecule has 10 heteroatoms. The molecule has 3 fully saturated rings. The summed E-state index contributed by atoms with van der Waals surface area (Å²) in [4.78, 5) is 44.4. The van der Waals surface area contributed by atoms with Gasteiger partial charge in [0.15, 0.2) is 0 Å². The minimum absolute atomic E-state index is 0.0182. The smallest absolute Gasteiger partial charge is 0.312 e. The number of rotatable bonds is 11. The topological polar surface area (TPSA) is 96.4 Å². The number of benzene rings is 1. The number of unbranched alkanes of at least 4 members (excludes halogenated alkanes) is 1. The molecular formula is C27H32BrClN2O6. The Hall–Kier alpha value is -2.20. The average molecular weight is 596 g/mol. The van der Waals surface area contributed by atoms with Crippen LogP contribution >= 0.6 is 27.5 Å². The Morgan fingerprint density at radius 2 is 2.11 bits per heavy atom. The first-order valence-corrected chi connectivity index (χ1v) is 13.7. The van der Waals surface area contributed by atoms with Gasteiger partial charge in [-0.2, -0.15) is 0 Å². The van der Waals surface area contributed by atoms with Gasteiger partial charge in [0, 0.05) is 24.5 Å². The van der Waals surface area contributed by atoms with Crippen molar-refractivity contribution in [3.05, 3.63) is 54.1 Å². The van der Waals surface area contributed by atoms with E-state index in [2.05, 4.69) is 29.1 Å². The predicted molar refractivity (Wildman–Crippen MR) is 144 cm³/mol. The van der Waals surface area contributed by atoms with Gasteiger partial charge in [0.2, 0.25) is 5.91 Å². The molecule has 1 aromatic carbocycles. The number of hydrogen-bond donors (Lipinski definition) is 1. The van der Waals surface area contributed by atoms with E-state index in [4.69, 9.17) is 21.1 Å². The average Bonchev–Trinajstić information content (AvgIpc) is 3.45.